The third-order valence-electron chi connectivity index (χ3n) is 5.81. The number of rotatable bonds is 3. The van der Waals surface area contributed by atoms with E-state index in [1.165, 1.54) is 5.56 Å². The lowest BCUT2D eigenvalue weighted by molar-refractivity contribution is -0.140. The third kappa shape index (κ3) is 2.43. The van der Waals surface area contributed by atoms with Crippen molar-refractivity contribution >= 4 is 5.91 Å². The van der Waals surface area contributed by atoms with Crippen LogP contribution in [0.15, 0.2) is 24.5 Å². The molecule has 4 heteroatoms. The molecule has 3 fully saturated rings. The van der Waals surface area contributed by atoms with Crippen molar-refractivity contribution < 1.29 is 4.79 Å². The Labute approximate surface area is 132 Å². The highest BCUT2D eigenvalue weighted by Gasteiger charge is 2.46. The molecular formula is C18H25N3O. The van der Waals surface area contributed by atoms with Gasteiger partial charge in [0.05, 0.1) is 0 Å². The molecule has 0 radical (unpaired) electrons. The molecule has 4 nitrogen and oxygen atoms in total. The molecule has 3 aliphatic rings. The van der Waals surface area contributed by atoms with Gasteiger partial charge in [-0.25, -0.2) is 0 Å². The molecule has 0 unspecified atom stereocenters. The maximum absolute atomic E-state index is 12.7. The first-order valence-corrected chi connectivity index (χ1v) is 8.66. The zero-order chi connectivity index (χ0) is 15.1. The monoisotopic (exact) mass is 299 g/mol. The fraction of sp³-hybridized carbons (Fsp3) is 0.667. The Bertz CT molecular complexity index is 541. The predicted octanol–water partition coefficient (Wildman–Crippen LogP) is 2.30. The lowest BCUT2D eigenvalue weighted by atomic mass is 9.75. The average Bonchev–Trinajstić information content (AvgIpc) is 3.07. The number of nitrogens with zero attached hydrogens (tertiary/aromatic N) is 3. The van der Waals surface area contributed by atoms with Crippen LogP contribution in [0.1, 0.15) is 38.2 Å². The molecular weight excluding hydrogens is 274 g/mol. The Morgan fingerprint density at radius 3 is 2.82 bits per heavy atom. The van der Waals surface area contributed by atoms with E-state index in [1.54, 1.807) is 0 Å². The topological polar surface area (TPSA) is 36.4 Å². The molecule has 2 atom stereocenters. The minimum absolute atomic E-state index is 0.320. The SMILES string of the molecule is CC1CC(C(=O)N2CC[C@H]3[C@H]2CCN3Cc2cccnc2)C1. The fourth-order valence-corrected chi connectivity index (χ4v) is 4.61. The first-order valence-electron chi connectivity index (χ1n) is 8.66. The Kier molecular flexibility index (Phi) is 3.65. The van der Waals surface area contributed by atoms with Gasteiger partial charge >= 0.3 is 0 Å². The Hall–Kier alpha value is -1.42. The van der Waals surface area contributed by atoms with Crippen LogP contribution in [0.3, 0.4) is 0 Å². The molecule has 0 bridgehead atoms. The number of amides is 1. The molecule has 2 saturated heterocycles. The van der Waals surface area contributed by atoms with Gasteiger partial charge in [-0.05, 0) is 43.2 Å². The molecule has 118 valence electrons. The van der Waals surface area contributed by atoms with Crippen molar-refractivity contribution in [2.75, 3.05) is 13.1 Å². The van der Waals surface area contributed by atoms with Gasteiger partial charge in [-0.2, -0.15) is 0 Å². The molecule has 0 N–H and O–H groups in total. The van der Waals surface area contributed by atoms with Crippen molar-refractivity contribution in [3.8, 4) is 0 Å². The molecule has 2 aliphatic heterocycles. The van der Waals surface area contributed by atoms with E-state index in [-0.39, 0.29) is 0 Å². The molecule has 1 amide bonds. The summed E-state index contributed by atoms with van der Waals surface area (Å²) in [6, 6.07) is 5.17. The molecule has 1 aromatic heterocycles. The number of hydrogen-bond donors (Lipinski definition) is 0. The fourth-order valence-electron chi connectivity index (χ4n) is 4.61. The van der Waals surface area contributed by atoms with Crippen LogP contribution in [0.25, 0.3) is 0 Å². The van der Waals surface area contributed by atoms with E-state index in [0.717, 1.165) is 51.2 Å². The average molecular weight is 299 g/mol. The number of fused-ring (bicyclic) bond motifs is 1. The smallest absolute Gasteiger partial charge is 0.226 e. The zero-order valence-electron chi connectivity index (χ0n) is 13.3. The number of aromatic nitrogens is 1. The molecule has 0 spiro atoms. The van der Waals surface area contributed by atoms with Crippen LogP contribution in [0.4, 0.5) is 0 Å². The molecule has 0 aromatic carbocycles. The number of carbonyl (C=O) groups excluding carboxylic acids is 1. The summed E-state index contributed by atoms with van der Waals surface area (Å²) in [6.45, 7) is 5.29. The maximum Gasteiger partial charge on any atom is 0.226 e. The number of carbonyl (C=O) groups is 1. The van der Waals surface area contributed by atoms with Gasteiger partial charge in [0.15, 0.2) is 0 Å². The molecule has 1 saturated carbocycles. The zero-order valence-corrected chi connectivity index (χ0v) is 13.3. The number of hydrogen-bond acceptors (Lipinski definition) is 3. The molecule has 3 heterocycles. The van der Waals surface area contributed by atoms with Crippen molar-refractivity contribution in [3.05, 3.63) is 30.1 Å². The Morgan fingerprint density at radius 1 is 1.27 bits per heavy atom. The molecule has 1 aromatic rings. The van der Waals surface area contributed by atoms with Crippen molar-refractivity contribution in [1.29, 1.82) is 0 Å². The number of likely N-dealkylation sites (tertiary alicyclic amines) is 2. The summed E-state index contributed by atoms with van der Waals surface area (Å²) in [5.41, 5.74) is 1.28. The van der Waals surface area contributed by atoms with Gasteiger partial charge in [-0.1, -0.05) is 13.0 Å². The Morgan fingerprint density at radius 2 is 2.09 bits per heavy atom. The summed E-state index contributed by atoms with van der Waals surface area (Å²) < 4.78 is 0. The van der Waals surface area contributed by atoms with Crippen LogP contribution < -0.4 is 0 Å². The van der Waals surface area contributed by atoms with E-state index in [1.807, 2.05) is 18.5 Å². The predicted molar refractivity (Wildman–Crippen MR) is 85.1 cm³/mol. The van der Waals surface area contributed by atoms with Gasteiger partial charge in [0.25, 0.3) is 0 Å². The first kappa shape index (κ1) is 14.2. The highest BCUT2D eigenvalue weighted by atomic mass is 16.2. The van der Waals surface area contributed by atoms with Crippen molar-refractivity contribution in [3.63, 3.8) is 0 Å². The minimum Gasteiger partial charge on any atom is -0.338 e. The summed E-state index contributed by atoms with van der Waals surface area (Å²) >= 11 is 0. The first-order chi connectivity index (χ1) is 10.7. The third-order valence-corrected chi connectivity index (χ3v) is 5.81. The van der Waals surface area contributed by atoms with Gasteiger partial charge in [0.2, 0.25) is 5.91 Å². The normalized spacial score (nSPS) is 34.5. The van der Waals surface area contributed by atoms with E-state index in [0.29, 0.717) is 23.9 Å². The lowest BCUT2D eigenvalue weighted by Crippen LogP contribution is -2.45. The largest absolute Gasteiger partial charge is 0.338 e. The maximum atomic E-state index is 12.7. The van der Waals surface area contributed by atoms with Crippen LogP contribution in [-0.4, -0.2) is 45.9 Å². The van der Waals surface area contributed by atoms with Gasteiger partial charge in [-0.3, -0.25) is 14.7 Å². The van der Waals surface area contributed by atoms with Crippen molar-refractivity contribution in [1.82, 2.24) is 14.8 Å². The van der Waals surface area contributed by atoms with Gasteiger partial charge in [-0.15, -0.1) is 0 Å². The quantitative estimate of drug-likeness (QED) is 0.859. The highest BCUT2D eigenvalue weighted by molar-refractivity contribution is 5.80. The van der Waals surface area contributed by atoms with Crippen molar-refractivity contribution in [2.24, 2.45) is 11.8 Å². The van der Waals surface area contributed by atoms with E-state index < -0.39 is 0 Å². The van der Waals surface area contributed by atoms with E-state index in [9.17, 15) is 4.79 Å². The van der Waals surface area contributed by atoms with Crippen LogP contribution in [0, 0.1) is 11.8 Å². The van der Waals surface area contributed by atoms with E-state index >= 15 is 0 Å². The molecule has 4 rings (SSSR count). The summed E-state index contributed by atoms with van der Waals surface area (Å²) in [5.74, 6) is 1.51. The van der Waals surface area contributed by atoms with Crippen LogP contribution >= 0.6 is 0 Å². The molecule has 22 heavy (non-hydrogen) atoms. The highest BCUT2D eigenvalue weighted by Crippen LogP contribution is 2.39. The molecule has 1 aliphatic carbocycles. The van der Waals surface area contributed by atoms with Gasteiger partial charge < -0.3 is 4.90 Å². The second kappa shape index (κ2) is 5.65. The van der Waals surface area contributed by atoms with Crippen LogP contribution in [0.5, 0.6) is 0 Å². The summed E-state index contributed by atoms with van der Waals surface area (Å²) in [5, 5.41) is 0. The van der Waals surface area contributed by atoms with Gasteiger partial charge in [0, 0.05) is 50.0 Å². The van der Waals surface area contributed by atoms with Crippen LogP contribution in [0.2, 0.25) is 0 Å². The second-order valence-corrected chi connectivity index (χ2v) is 7.35. The Balaban J connectivity index is 1.40. The lowest BCUT2D eigenvalue weighted by Gasteiger charge is -2.36. The number of pyridine rings is 1. The second-order valence-electron chi connectivity index (χ2n) is 7.35. The summed E-state index contributed by atoms with van der Waals surface area (Å²) in [7, 11) is 0. The van der Waals surface area contributed by atoms with Gasteiger partial charge in [0.1, 0.15) is 0 Å². The van der Waals surface area contributed by atoms with Crippen molar-refractivity contribution in [2.45, 2.75) is 51.2 Å². The van der Waals surface area contributed by atoms with E-state index in [4.69, 9.17) is 0 Å². The van der Waals surface area contributed by atoms with Crippen LogP contribution in [-0.2, 0) is 11.3 Å². The van der Waals surface area contributed by atoms with E-state index in [2.05, 4.69) is 27.8 Å². The summed E-state index contributed by atoms with van der Waals surface area (Å²) in [4.78, 5) is 21.7. The summed E-state index contributed by atoms with van der Waals surface area (Å²) in [6.07, 6.45) is 8.27. The standard InChI is InChI=1S/C18H25N3O/c1-13-9-15(10-13)18(22)21-8-5-16-17(21)4-7-20(16)12-14-3-2-6-19-11-14/h2-3,6,11,13,15-17H,4-5,7-10,12H2,1H3/t13?,15?,16-,17+/m0/s1. The minimum atomic E-state index is 0.320.